The Bertz CT molecular complexity index is 865. The lowest BCUT2D eigenvalue weighted by atomic mass is 10.1. The van der Waals surface area contributed by atoms with E-state index < -0.39 is 10.0 Å². The Morgan fingerprint density at radius 3 is 2.65 bits per heavy atom. The second-order valence-corrected chi connectivity index (χ2v) is 10.5. The van der Waals surface area contributed by atoms with Gasteiger partial charge in [0.05, 0.1) is 17.9 Å². The van der Waals surface area contributed by atoms with Crippen LogP contribution in [0.3, 0.4) is 0 Å². The van der Waals surface area contributed by atoms with Crippen LogP contribution in [-0.2, 0) is 29.5 Å². The molecule has 0 aliphatic carbocycles. The van der Waals surface area contributed by atoms with E-state index in [4.69, 9.17) is 5.10 Å². The fraction of sp³-hybridized carbons (Fsp3) is 0.611. The first-order chi connectivity index (χ1) is 12.5. The summed E-state index contributed by atoms with van der Waals surface area (Å²) < 4.78 is 29.9. The van der Waals surface area contributed by atoms with Crippen molar-refractivity contribution in [2.24, 2.45) is 0 Å². The largest absolute Gasteiger partial charge is 0.297 e. The molecule has 26 heavy (non-hydrogen) atoms. The summed E-state index contributed by atoms with van der Waals surface area (Å²) in [4.78, 5) is 2.46. The first kappa shape index (κ1) is 18.2. The molecular formula is C18H26N4O2S2. The zero-order valence-corrected chi connectivity index (χ0v) is 17.0. The fourth-order valence-corrected chi connectivity index (χ4v) is 6.49. The molecular weight excluding hydrogens is 368 g/mol. The van der Waals surface area contributed by atoms with E-state index in [1.54, 1.807) is 16.4 Å². The van der Waals surface area contributed by atoms with E-state index in [0.29, 0.717) is 17.3 Å². The van der Waals surface area contributed by atoms with Crippen molar-refractivity contribution in [2.45, 2.75) is 56.5 Å². The number of thiophene rings is 1. The first-order valence-corrected chi connectivity index (χ1v) is 11.6. The van der Waals surface area contributed by atoms with Gasteiger partial charge in [-0.05, 0) is 57.6 Å². The summed E-state index contributed by atoms with van der Waals surface area (Å²) in [7, 11) is -3.42. The van der Waals surface area contributed by atoms with E-state index in [-0.39, 0.29) is 6.04 Å². The van der Waals surface area contributed by atoms with Crippen molar-refractivity contribution in [3.63, 3.8) is 0 Å². The number of nitrogens with zero attached hydrogens (tertiary/aromatic N) is 4. The van der Waals surface area contributed by atoms with Crippen LogP contribution in [0.25, 0.3) is 0 Å². The Hall–Kier alpha value is -1.22. The highest BCUT2D eigenvalue weighted by atomic mass is 32.2. The highest BCUT2D eigenvalue weighted by Crippen LogP contribution is 2.31. The van der Waals surface area contributed by atoms with Crippen LogP contribution in [0.2, 0.25) is 0 Å². The van der Waals surface area contributed by atoms with Crippen LogP contribution in [0.15, 0.2) is 21.7 Å². The van der Waals surface area contributed by atoms with E-state index in [2.05, 4.69) is 18.7 Å². The number of aromatic nitrogens is 2. The molecule has 2 aromatic rings. The molecule has 6 nitrogen and oxygen atoms in total. The van der Waals surface area contributed by atoms with Gasteiger partial charge in [-0.25, -0.2) is 8.42 Å². The van der Waals surface area contributed by atoms with E-state index in [1.807, 2.05) is 10.1 Å². The summed E-state index contributed by atoms with van der Waals surface area (Å²) in [6, 6.07) is 3.70. The molecule has 1 saturated heterocycles. The van der Waals surface area contributed by atoms with Gasteiger partial charge in [0.2, 0.25) is 0 Å². The van der Waals surface area contributed by atoms with Crippen molar-refractivity contribution in [3.05, 3.63) is 34.5 Å². The molecule has 0 radical (unpaired) electrons. The Morgan fingerprint density at radius 1 is 1.23 bits per heavy atom. The van der Waals surface area contributed by atoms with Gasteiger partial charge in [-0.15, -0.1) is 11.3 Å². The Labute approximate surface area is 159 Å². The van der Waals surface area contributed by atoms with Crippen LogP contribution < -0.4 is 0 Å². The molecule has 142 valence electrons. The average molecular weight is 395 g/mol. The van der Waals surface area contributed by atoms with Crippen molar-refractivity contribution < 1.29 is 8.42 Å². The molecule has 0 amide bonds. The molecule has 0 bridgehead atoms. The van der Waals surface area contributed by atoms with Crippen LogP contribution in [0.4, 0.5) is 0 Å². The quantitative estimate of drug-likeness (QED) is 0.782. The van der Waals surface area contributed by atoms with Crippen LogP contribution in [0.5, 0.6) is 0 Å². The summed E-state index contributed by atoms with van der Waals surface area (Å²) in [6.45, 7) is 8.34. The van der Waals surface area contributed by atoms with Crippen LogP contribution in [0.1, 0.15) is 49.7 Å². The molecule has 0 spiro atoms. The number of hydrogen-bond donors (Lipinski definition) is 0. The van der Waals surface area contributed by atoms with Crippen molar-refractivity contribution >= 4 is 21.4 Å². The second kappa shape index (κ2) is 7.07. The summed E-state index contributed by atoms with van der Waals surface area (Å²) in [5.74, 6) is 0. The Balaban J connectivity index is 1.64. The summed E-state index contributed by atoms with van der Waals surface area (Å²) in [5.41, 5.74) is 3.48. The lowest BCUT2D eigenvalue weighted by Gasteiger charge is -2.27. The van der Waals surface area contributed by atoms with Crippen LogP contribution in [0, 0.1) is 0 Å². The third-order valence-electron chi connectivity index (χ3n) is 5.29. The Morgan fingerprint density at radius 2 is 2.00 bits per heavy atom. The highest BCUT2D eigenvalue weighted by molar-refractivity contribution is 7.91. The smallest absolute Gasteiger partial charge is 0.252 e. The van der Waals surface area contributed by atoms with Crippen molar-refractivity contribution in [1.29, 1.82) is 0 Å². The number of likely N-dealkylation sites (tertiary alicyclic amines) is 1. The van der Waals surface area contributed by atoms with Gasteiger partial charge >= 0.3 is 0 Å². The number of fused-ring (bicyclic) bond motifs is 1. The van der Waals surface area contributed by atoms with Crippen molar-refractivity contribution in [1.82, 2.24) is 19.0 Å². The molecule has 1 fully saturated rings. The summed E-state index contributed by atoms with van der Waals surface area (Å²) >= 11 is 1.28. The van der Waals surface area contributed by atoms with Crippen molar-refractivity contribution in [3.8, 4) is 0 Å². The van der Waals surface area contributed by atoms with E-state index in [1.165, 1.54) is 29.7 Å². The van der Waals surface area contributed by atoms with Gasteiger partial charge in [-0.2, -0.15) is 9.40 Å². The lowest BCUT2D eigenvalue weighted by molar-refractivity contribution is 0.323. The predicted molar refractivity (Wildman–Crippen MR) is 103 cm³/mol. The third kappa shape index (κ3) is 3.24. The first-order valence-electron chi connectivity index (χ1n) is 9.32. The Kier molecular flexibility index (Phi) is 4.94. The molecule has 0 N–H and O–H groups in total. The van der Waals surface area contributed by atoms with Gasteiger partial charge in [-0.1, -0.05) is 6.07 Å². The molecule has 2 aliphatic rings. The molecule has 2 aliphatic heterocycles. The summed E-state index contributed by atoms with van der Waals surface area (Å²) in [5, 5.41) is 6.70. The standard InChI is InChI=1S/C18H26N4O2S2/c1-14(2)22-17-13-21(26(23,24)18-6-5-11-25-18)10-7-15(17)16(19-22)12-20-8-3-4-9-20/h5-6,11,14H,3-4,7-10,12-13H2,1-2H3. The molecule has 0 unspecified atom stereocenters. The van der Waals surface area contributed by atoms with Crippen molar-refractivity contribution in [2.75, 3.05) is 19.6 Å². The third-order valence-corrected chi connectivity index (χ3v) is 8.51. The van der Waals surface area contributed by atoms with E-state index >= 15 is 0 Å². The van der Waals surface area contributed by atoms with Gasteiger partial charge in [-0.3, -0.25) is 9.58 Å². The lowest BCUT2D eigenvalue weighted by Crippen LogP contribution is -2.36. The minimum atomic E-state index is -3.42. The van der Waals surface area contributed by atoms with E-state index in [0.717, 1.165) is 37.4 Å². The maximum Gasteiger partial charge on any atom is 0.252 e. The van der Waals surface area contributed by atoms with Crippen LogP contribution in [-0.4, -0.2) is 47.0 Å². The van der Waals surface area contributed by atoms with E-state index in [9.17, 15) is 8.42 Å². The predicted octanol–water partition coefficient (Wildman–Crippen LogP) is 2.87. The normalized spacial score (nSPS) is 19.3. The monoisotopic (exact) mass is 394 g/mol. The second-order valence-electron chi connectivity index (χ2n) is 7.41. The zero-order chi connectivity index (χ0) is 18.3. The van der Waals surface area contributed by atoms with Gasteiger partial charge in [0, 0.05) is 24.7 Å². The minimum absolute atomic E-state index is 0.223. The van der Waals surface area contributed by atoms with Gasteiger partial charge < -0.3 is 0 Å². The van der Waals surface area contributed by atoms with Gasteiger partial charge in [0.15, 0.2) is 0 Å². The molecule has 2 aromatic heterocycles. The maximum atomic E-state index is 12.9. The maximum absolute atomic E-state index is 12.9. The summed E-state index contributed by atoms with van der Waals surface area (Å²) in [6.07, 6.45) is 3.27. The van der Waals surface area contributed by atoms with Gasteiger partial charge in [0.1, 0.15) is 4.21 Å². The minimum Gasteiger partial charge on any atom is -0.297 e. The van der Waals surface area contributed by atoms with Gasteiger partial charge in [0.25, 0.3) is 10.0 Å². The molecule has 0 atom stereocenters. The number of sulfonamides is 1. The molecule has 4 heterocycles. The molecule has 0 saturated carbocycles. The molecule has 4 rings (SSSR count). The van der Waals surface area contributed by atoms with Crippen LogP contribution >= 0.6 is 11.3 Å². The zero-order valence-electron chi connectivity index (χ0n) is 15.4. The number of rotatable bonds is 5. The highest BCUT2D eigenvalue weighted by Gasteiger charge is 2.33. The fourth-order valence-electron chi connectivity index (χ4n) is 3.94. The SMILES string of the molecule is CC(C)n1nc(CN2CCCC2)c2c1CN(S(=O)(=O)c1cccs1)CC2. The molecule has 8 heteroatoms. The molecule has 0 aromatic carbocycles. The topological polar surface area (TPSA) is 58.4 Å². The number of hydrogen-bond acceptors (Lipinski definition) is 5. The average Bonchev–Trinajstić information content (AvgIpc) is 3.36.